The SMILES string of the molecule is C=C(C)[C@@H]1CC=C(/C=C/c2cc[n+](C)cc2C)CC1.[I-]. The Morgan fingerprint density at radius 2 is 2.15 bits per heavy atom. The Hall–Kier alpha value is -0.900. The second kappa shape index (κ2) is 7.77. The summed E-state index contributed by atoms with van der Waals surface area (Å²) in [6.45, 7) is 8.37. The van der Waals surface area contributed by atoms with Gasteiger partial charge in [-0.25, -0.2) is 4.57 Å². The van der Waals surface area contributed by atoms with Gasteiger partial charge in [-0.1, -0.05) is 36.0 Å². The minimum Gasteiger partial charge on any atom is -1.00 e. The molecule has 0 bridgehead atoms. The van der Waals surface area contributed by atoms with E-state index in [-0.39, 0.29) is 24.0 Å². The third-order valence-electron chi connectivity index (χ3n) is 3.96. The van der Waals surface area contributed by atoms with Crippen LogP contribution in [0, 0.1) is 12.8 Å². The van der Waals surface area contributed by atoms with Crippen molar-refractivity contribution >= 4 is 6.08 Å². The van der Waals surface area contributed by atoms with Gasteiger partial charge < -0.3 is 24.0 Å². The second-order valence-electron chi connectivity index (χ2n) is 5.68. The van der Waals surface area contributed by atoms with Gasteiger partial charge in [-0.05, 0) is 44.6 Å². The Bertz CT molecular complexity index is 540. The number of allylic oxidation sites excluding steroid dienone is 4. The van der Waals surface area contributed by atoms with Crippen molar-refractivity contribution in [1.29, 1.82) is 0 Å². The molecule has 0 amide bonds. The first kappa shape index (κ1) is 17.2. The average Bonchev–Trinajstić information content (AvgIpc) is 2.38. The second-order valence-corrected chi connectivity index (χ2v) is 5.68. The molecule has 0 radical (unpaired) electrons. The van der Waals surface area contributed by atoms with E-state index in [0.717, 1.165) is 6.42 Å². The van der Waals surface area contributed by atoms with E-state index in [4.69, 9.17) is 0 Å². The highest BCUT2D eigenvalue weighted by Gasteiger charge is 2.13. The highest BCUT2D eigenvalue weighted by molar-refractivity contribution is 5.55. The van der Waals surface area contributed by atoms with Gasteiger partial charge in [0.2, 0.25) is 0 Å². The summed E-state index contributed by atoms with van der Waals surface area (Å²) in [5.74, 6) is 0.690. The summed E-state index contributed by atoms with van der Waals surface area (Å²) in [6.07, 6.45) is 14.7. The van der Waals surface area contributed by atoms with Crippen molar-refractivity contribution in [3.63, 3.8) is 0 Å². The van der Waals surface area contributed by atoms with Gasteiger partial charge in [-0.3, -0.25) is 0 Å². The first-order valence-corrected chi connectivity index (χ1v) is 7.04. The van der Waals surface area contributed by atoms with Crippen LogP contribution >= 0.6 is 0 Å². The number of hydrogen-bond acceptors (Lipinski definition) is 0. The van der Waals surface area contributed by atoms with Crippen molar-refractivity contribution in [1.82, 2.24) is 0 Å². The van der Waals surface area contributed by atoms with Gasteiger partial charge in [0.1, 0.15) is 7.05 Å². The first-order chi connectivity index (χ1) is 9.06. The normalized spacial score (nSPS) is 18.6. The van der Waals surface area contributed by atoms with Crippen molar-refractivity contribution in [2.75, 3.05) is 0 Å². The van der Waals surface area contributed by atoms with Crippen LogP contribution in [-0.4, -0.2) is 0 Å². The molecule has 1 atom stereocenters. The largest absolute Gasteiger partial charge is 1.00 e. The van der Waals surface area contributed by atoms with Crippen LogP contribution in [0.1, 0.15) is 37.3 Å². The Morgan fingerprint density at radius 1 is 1.40 bits per heavy atom. The monoisotopic (exact) mass is 381 g/mol. The van der Waals surface area contributed by atoms with E-state index in [1.807, 2.05) is 0 Å². The van der Waals surface area contributed by atoms with E-state index < -0.39 is 0 Å². The number of aryl methyl sites for hydroxylation is 2. The van der Waals surface area contributed by atoms with Gasteiger partial charge >= 0.3 is 0 Å². The Morgan fingerprint density at radius 3 is 2.70 bits per heavy atom. The highest BCUT2D eigenvalue weighted by Crippen LogP contribution is 2.29. The average molecular weight is 381 g/mol. The quantitative estimate of drug-likeness (QED) is 0.420. The van der Waals surface area contributed by atoms with E-state index in [0.29, 0.717) is 5.92 Å². The van der Waals surface area contributed by atoms with Crippen LogP contribution in [0.15, 0.2) is 48.3 Å². The molecular formula is C18H24IN. The maximum Gasteiger partial charge on any atom is 0.172 e. The third kappa shape index (κ3) is 4.58. The lowest BCUT2D eigenvalue weighted by atomic mass is 9.85. The number of hydrogen-bond donors (Lipinski definition) is 0. The zero-order valence-electron chi connectivity index (χ0n) is 12.7. The molecule has 20 heavy (non-hydrogen) atoms. The lowest BCUT2D eigenvalue weighted by Gasteiger charge is -2.20. The van der Waals surface area contributed by atoms with E-state index in [1.165, 1.54) is 35.1 Å². The molecule has 0 N–H and O–H groups in total. The first-order valence-electron chi connectivity index (χ1n) is 7.04. The fourth-order valence-corrected chi connectivity index (χ4v) is 2.59. The van der Waals surface area contributed by atoms with Crippen LogP contribution in [0.3, 0.4) is 0 Å². The molecule has 0 saturated heterocycles. The van der Waals surface area contributed by atoms with E-state index in [9.17, 15) is 0 Å². The molecular weight excluding hydrogens is 357 g/mol. The lowest BCUT2D eigenvalue weighted by molar-refractivity contribution is -0.671. The fraction of sp³-hybridized carbons (Fsp3) is 0.389. The fourth-order valence-electron chi connectivity index (χ4n) is 2.59. The lowest BCUT2D eigenvalue weighted by Crippen LogP contribution is -3.00. The van der Waals surface area contributed by atoms with Crippen LogP contribution in [0.5, 0.6) is 0 Å². The Kier molecular flexibility index (Phi) is 6.66. The molecule has 1 aliphatic carbocycles. The zero-order chi connectivity index (χ0) is 13.8. The molecule has 2 rings (SSSR count). The van der Waals surface area contributed by atoms with Crippen molar-refractivity contribution in [2.24, 2.45) is 13.0 Å². The predicted octanol–water partition coefficient (Wildman–Crippen LogP) is 1.14. The van der Waals surface area contributed by atoms with Crippen LogP contribution in [0.25, 0.3) is 6.08 Å². The summed E-state index contributed by atoms with van der Waals surface area (Å²) in [4.78, 5) is 0. The molecule has 0 spiro atoms. The minimum atomic E-state index is 0. The molecule has 0 aromatic carbocycles. The van der Waals surface area contributed by atoms with Crippen LogP contribution in [0.2, 0.25) is 0 Å². The summed E-state index contributed by atoms with van der Waals surface area (Å²) >= 11 is 0. The van der Waals surface area contributed by atoms with Crippen LogP contribution < -0.4 is 28.5 Å². The zero-order valence-corrected chi connectivity index (χ0v) is 14.9. The summed E-state index contributed by atoms with van der Waals surface area (Å²) in [6, 6.07) is 2.17. The van der Waals surface area contributed by atoms with Crippen molar-refractivity contribution in [3.8, 4) is 0 Å². The topological polar surface area (TPSA) is 3.88 Å². The predicted molar refractivity (Wildman–Crippen MR) is 81.6 cm³/mol. The molecule has 1 heterocycles. The smallest absolute Gasteiger partial charge is 0.172 e. The van der Waals surface area contributed by atoms with Gasteiger partial charge in [0.25, 0.3) is 0 Å². The summed E-state index contributed by atoms with van der Waals surface area (Å²) in [7, 11) is 2.06. The Balaban J connectivity index is 0.00000200. The van der Waals surface area contributed by atoms with Crippen LogP contribution in [0.4, 0.5) is 0 Å². The molecule has 1 nitrogen and oxygen atoms in total. The summed E-state index contributed by atoms with van der Waals surface area (Å²) in [5, 5.41) is 0. The number of rotatable bonds is 3. The van der Waals surface area contributed by atoms with Gasteiger partial charge in [-0.15, -0.1) is 0 Å². The molecule has 1 aromatic heterocycles. The van der Waals surface area contributed by atoms with Gasteiger partial charge in [-0.2, -0.15) is 0 Å². The maximum absolute atomic E-state index is 4.07. The van der Waals surface area contributed by atoms with E-state index in [2.05, 4.69) is 68.7 Å². The minimum absolute atomic E-state index is 0. The number of halogens is 1. The van der Waals surface area contributed by atoms with Gasteiger partial charge in [0, 0.05) is 11.6 Å². The van der Waals surface area contributed by atoms with Gasteiger partial charge in [0.15, 0.2) is 12.4 Å². The molecule has 108 valence electrons. The van der Waals surface area contributed by atoms with Crippen molar-refractivity contribution < 1.29 is 28.5 Å². The molecule has 2 heteroatoms. The van der Waals surface area contributed by atoms with Crippen molar-refractivity contribution in [3.05, 3.63) is 59.5 Å². The van der Waals surface area contributed by atoms with E-state index >= 15 is 0 Å². The Labute approximate surface area is 140 Å². The van der Waals surface area contributed by atoms with Crippen molar-refractivity contribution in [2.45, 2.75) is 33.1 Å². The molecule has 0 fully saturated rings. The number of aromatic nitrogens is 1. The third-order valence-corrected chi connectivity index (χ3v) is 3.96. The van der Waals surface area contributed by atoms with Crippen LogP contribution in [-0.2, 0) is 7.05 Å². The summed E-state index contributed by atoms with van der Waals surface area (Å²) in [5.41, 5.74) is 5.41. The maximum atomic E-state index is 4.07. The molecule has 1 aliphatic rings. The number of pyridine rings is 1. The van der Waals surface area contributed by atoms with E-state index in [1.54, 1.807) is 0 Å². The van der Waals surface area contributed by atoms with Gasteiger partial charge in [0.05, 0.1) is 0 Å². The highest BCUT2D eigenvalue weighted by atomic mass is 127. The molecule has 0 unspecified atom stereocenters. The summed E-state index contributed by atoms with van der Waals surface area (Å²) < 4.78 is 2.09. The molecule has 0 saturated carbocycles. The molecule has 0 aliphatic heterocycles. The number of nitrogens with zero attached hydrogens (tertiary/aromatic N) is 1. The molecule has 1 aromatic rings. The standard InChI is InChI=1S/C18H24N.HI/c1-14(2)17-8-5-16(6-9-17)7-10-18-11-12-19(4)13-15(18)3;/h5,7,10-13,17H,1,6,8-9H2,2-4H3;1H/q+1;/p-1/b10-7+;/t17-;/m1./s1.